The standard InChI is InChI=1S/C8H6FN/c9-8-3-6-1-2-10-5-7(6)4-8/h1-5,10H. The summed E-state index contributed by atoms with van der Waals surface area (Å²) < 4.78 is 12.5. The number of nitrogens with one attached hydrogen (secondary N) is 1. The normalized spacial score (nSPS) is 10.5. The minimum atomic E-state index is -0.172. The highest BCUT2D eigenvalue weighted by Crippen LogP contribution is 2.22. The Kier molecular flexibility index (Phi) is 1.01. The first-order valence-electron chi connectivity index (χ1n) is 3.08. The first-order chi connectivity index (χ1) is 4.86. The maximum atomic E-state index is 12.5. The van der Waals surface area contributed by atoms with E-state index in [1.807, 2.05) is 6.07 Å². The van der Waals surface area contributed by atoms with Crippen molar-refractivity contribution in [1.82, 2.24) is 4.98 Å². The number of aromatic amines is 1. The molecule has 0 fully saturated rings. The molecule has 0 radical (unpaired) electrons. The second-order valence-electron chi connectivity index (χ2n) is 2.23. The molecule has 10 heavy (non-hydrogen) atoms. The van der Waals surface area contributed by atoms with E-state index < -0.39 is 0 Å². The van der Waals surface area contributed by atoms with Crippen molar-refractivity contribution in [2.24, 2.45) is 0 Å². The smallest absolute Gasteiger partial charge is 0.124 e. The van der Waals surface area contributed by atoms with Crippen molar-refractivity contribution < 1.29 is 4.39 Å². The third-order valence-electron chi connectivity index (χ3n) is 1.52. The highest BCUT2D eigenvalue weighted by molar-refractivity contribution is 5.65. The van der Waals surface area contributed by atoms with Gasteiger partial charge in [-0.05, 0) is 23.8 Å². The van der Waals surface area contributed by atoms with Gasteiger partial charge in [0.2, 0.25) is 0 Å². The number of aromatic nitrogens is 1. The number of pyridine rings is 1. The van der Waals surface area contributed by atoms with E-state index in [9.17, 15) is 4.39 Å². The first-order valence-corrected chi connectivity index (χ1v) is 3.08. The molecule has 0 spiro atoms. The van der Waals surface area contributed by atoms with E-state index >= 15 is 0 Å². The van der Waals surface area contributed by atoms with Crippen LogP contribution in [0.15, 0.2) is 30.6 Å². The largest absolute Gasteiger partial charge is 0.367 e. The molecule has 2 heteroatoms. The van der Waals surface area contributed by atoms with Crippen molar-refractivity contribution in [2.75, 3.05) is 0 Å². The molecule has 0 aromatic carbocycles. The van der Waals surface area contributed by atoms with Crippen LogP contribution in [0.5, 0.6) is 0 Å². The Bertz CT molecular complexity index is 283. The summed E-state index contributed by atoms with van der Waals surface area (Å²) in [5.41, 5.74) is 1.86. The zero-order valence-corrected chi connectivity index (χ0v) is 5.26. The average molecular weight is 135 g/mol. The lowest BCUT2D eigenvalue weighted by Crippen LogP contribution is -1.72. The van der Waals surface area contributed by atoms with Gasteiger partial charge in [-0.2, -0.15) is 0 Å². The van der Waals surface area contributed by atoms with E-state index in [4.69, 9.17) is 0 Å². The van der Waals surface area contributed by atoms with Gasteiger partial charge in [-0.3, -0.25) is 0 Å². The maximum Gasteiger partial charge on any atom is 0.124 e. The summed E-state index contributed by atoms with van der Waals surface area (Å²) in [5, 5.41) is 0. The van der Waals surface area contributed by atoms with Gasteiger partial charge < -0.3 is 4.98 Å². The van der Waals surface area contributed by atoms with Crippen LogP contribution in [-0.4, -0.2) is 4.98 Å². The van der Waals surface area contributed by atoms with Crippen LogP contribution in [0.3, 0.4) is 0 Å². The van der Waals surface area contributed by atoms with Crippen molar-refractivity contribution in [3.05, 3.63) is 36.4 Å². The second-order valence-corrected chi connectivity index (χ2v) is 2.23. The topological polar surface area (TPSA) is 15.8 Å². The highest BCUT2D eigenvalue weighted by Gasteiger charge is 2.03. The van der Waals surface area contributed by atoms with E-state index in [0.29, 0.717) is 0 Å². The molecule has 0 amide bonds. The number of H-pyrrole nitrogens is 1. The van der Waals surface area contributed by atoms with Crippen molar-refractivity contribution in [2.45, 2.75) is 0 Å². The summed E-state index contributed by atoms with van der Waals surface area (Å²) >= 11 is 0. The van der Waals surface area contributed by atoms with Crippen LogP contribution >= 0.6 is 0 Å². The molecule has 1 aliphatic heterocycles. The Labute approximate surface area is 57.8 Å². The van der Waals surface area contributed by atoms with Gasteiger partial charge in [0.1, 0.15) is 5.82 Å². The van der Waals surface area contributed by atoms with Crippen LogP contribution in [0.25, 0.3) is 11.1 Å². The molecule has 1 N–H and O–H groups in total. The molecule has 0 saturated heterocycles. The van der Waals surface area contributed by atoms with E-state index in [0.717, 1.165) is 11.1 Å². The molecular formula is C8H6FN. The Balaban J connectivity index is 2.76. The predicted octanol–water partition coefficient (Wildman–Crippen LogP) is 2.26. The Morgan fingerprint density at radius 1 is 1.20 bits per heavy atom. The average Bonchev–Trinajstić information content (AvgIpc) is 2.27. The Hall–Kier alpha value is -1.31. The van der Waals surface area contributed by atoms with Crippen molar-refractivity contribution in [1.29, 1.82) is 0 Å². The molecule has 1 aliphatic carbocycles. The number of hydrogen-bond donors (Lipinski definition) is 1. The first kappa shape index (κ1) is 5.47. The lowest BCUT2D eigenvalue weighted by atomic mass is 10.2. The fraction of sp³-hybridized carbons (Fsp3) is 0. The molecular weight excluding hydrogens is 129 g/mol. The molecule has 2 rings (SSSR count). The van der Waals surface area contributed by atoms with Gasteiger partial charge in [0.05, 0.1) is 0 Å². The summed E-state index contributed by atoms with van der Waals surface area (Å²) in [5.74, 6) is -0.172. The lowest BCUT2D eigenvalue weighted by molar-refractivity contribution is 0.633. The van der Waals surface area contributed by atoms with Crippen molar-refractivity contribution in [3.8, 4) is 11.1 Å². The number of halogens is 1. The Morgan fingerprint density at radius 2 is 2.00 bits per heavy atom. The van der Waals surface area contributed by atoms with Crippen LogP contribution in [-0.2, 0) is 0 Å². The van der Waals surface area contributed by atoms with Crippen molar-refractivity contribution >= 4 is 0 Å². The van der Waals surface area contributed by atoms with Crippen LogP contribution < -0.4 is 0 Å². The van der Waals surface area contributed by atoms with Crippen LogP contribution in [0.2, 0.25) is 0 Å². The zero-order chi connectivity index (χ0) is 6.97. The third kappa shape index (κ3) is 0.692. The van der Waals surface area contributed by atoms with E-state index in [-0.39, 0.29) is 5.82 Å². The van der Waals surface area contributed by atoms with Gasteiger partial charge in [0, 0.05) is 18.0 Å². The maximum absolute atomic E-state index is 12.5. The van der Waals surface area contributed by atoms with E-state index in [2.05, 4.69) is 4.98 Å². The summed E-state index contributed by atoms with van der Waals surface area (Å²) in [6.45, 7) is 0. The Morgan fingerprint density at radius 3 is 2.80 bits per heavy atom. The van der Waals surface area contributed by atoms with Gasteiger partial charge in [-0.15, -0.1) is 0 Å². The molecule has 0 saturated carbocycles. The second kappa shape index (κ2) is 1.84. The van der Waals surface area contributed by atoms with E-state index in [1.165, 1.54) is 12.1 Å². The number of rotatable bonds is 0. The molecule has 0 atom stereocenters. The molecule has 1 heterocycles. The summed E-state index contributed by atoms with van der Waals surface area (Å²) in [6.07, 6.45) is 3.56. The van der Waals surface area contributed by atoms with E-state index in [1.54, 1.807) is 12.4 Å². The molecule has 0 bridgehead atoms. The minimum Gasteiger partial charge on any atom is -0.367 e. The molecule has 50 valence electrons. The van der Waals surface area contributed by atoms with Gasteiger partial charge in [-0.1, -0.05) is 0 Å². The van der Waals surface area contributed by atoms with Crippen LogP contribution in [0.1, 0.15) is 0 Å². The summed E-state index contributed by atoms with van der Waals surface area (Å²) in [7, 11) is 0. The van der Waals surface area contributed by atoms with Gasteiger partial charge in [0.15, 0.2) is 0 Å². The molecule has 1 nitrogen and oxygen atoms in total. The SMILES string of the molecule is Fc1cc2cc[nH]cc-2c1. The fourth-order valence-electron chi connectivity index (χ4n) is 1.05. The monoisotopic (exact) mass is 135 g/mol. The third-order valence-corrected chi connectivity index (χ3v) is 1.52. The summed E-state index contributed by atoms with van der Waals surface area (Å²) in [4.78, 5) is 2.88. The van der Waals surface area contributed by atoms with Gasteiger partial charge in [-0.25, -0.2) is 4.39 Å². The highest BCUT2D eigenvalue weighted by atomic mass is 19.1. The molecule has 0 unspecified atom stereocenters. The number of hydrogen-bond acceptors (Lipinski definition) is 0. The minimum absolute atomic E-state index is 0.172. The zero-order valence-electron chi connectivity index (χ0n) is 5.26. The molecule has 0 aromatic rings. The van der Waals surface area contributed by atoms with Gasteiger partial charge >= 0.3 is 0 Å². The molecule has 2 aliphatic rings. The predicted molar refractivity (Wildman–Crippen MR) is 37.4 cm³/mol. The quantitative estimate of drug-likeness (QED) is 0.570. The lowest BCUT2D eigenvalue weighted by Gasteiger charge is -1.92. The van der Waals surface area contributed by atoms with Crippen LogP contribution in [0, 0.1) is 5.82 Å². The van der Waals surface area contributed by atoms with Crippen LogP contribution in [0.4, 0.5) is 4.39 Å². The fourth-order valence-corrected chi connectivity index (χ4v) is 1.05. The molecule has 0 aromatic heterocycles. The van der Waals surface area contributed by atoms with Crippen molar-refractivity contribution in [3.63, 3.8) is 0 Å². The summed E-state index contributed by atoms with van der Waals surface area (Å²) in [6, 6.07) is 4.87. The van der Waals surface area contributed by atoms with Gasteiger partial charge in [0.25, 0.3) is 0 Å². The number of fused-ring (bicyclic) bond motifs is 1.